The van der Waals surface area contributed by atoms with Crippen LogP contribution < -0.4 is 5.73 Å². The fourth-order valence-electron chi connectivity index (χ4n) is 0. The molecular formula is C2H5NO2S. The summed E-state index contributed by atoms with van der Waals surface area (Å²) in [5.74, 6) is 0. The minimum Gasteiger partial charge on any atom is -0.390 e. The summed E-state index contributed by atoms with van der Waals surface area (Å²) in [6, 6.07) is 0. The molecule has 0 aromatic rings. The second-order valence-corrected chi connectivity index (χ2v) is 1.84. The van der Waals surface area contributed by atoms with Crippen molar-refractivity contribution < 1.29 is 8.42 Å². The van der Waals surface area contributed by atoms with Gasteiger partial charge in [0.1, 0.15) is 5.03 Å². The fourth-order valence-corrected chi connectivity index (χ4v) is 0. The summed E-state index contributed by atoms with van der Waals surface area (Å²) in [7, 11) is -2.58. The van der Waals surface area contributed by atoms with Crippen LogP contribution in [0.5, 0.6) is 0 Å². The molecule has 0 heterocycles. The number of hydrogen-bond donors (Lipinski definition) is 2. The molecule has 0 aromatic heterocycles. The quantitative estimate of drug-likeness (QED) is 0.424. The molecule has 0 unspecified atom stereocenters. The van der Waals surface area contributed by atoms with Gasteiger partial charge in [-0.15, -0.1) is 0 Å². The molecule has 0 atom stereocenters. The maximum atomic E-state index is 9.51. The molecule has 0 bridgehead atoms. The van der Waals surface area contributed by atoms with Gasteiger partial charge in [-0.1, -0.05) is 6.58 Å². The monoisotopic (exact) mass is 107 g/mol. The number of thiol groups is 1. The fraction of sp³-hybridized carbons (Fsp3) is 0. The molecule has 0 saturated carbocycles. The van der Waals surface area contributed by atoms with Crippen molar-refractivity contribution in [1.82, 2.24) is 0 Å². The Bertz CT molecular complexity index is 118. The van der Waals surface area contributed by atoms with Gasteiger partial charge < -0.3 is 5.73 Å². The number of nitrogens with two attached hydrogens (primary N) is 1. The van der Waals surface area contributed by atoms with Crippen molar-refractivity contribution in [2.45, 2.75) is 0 Å². The van der Waals surface area contributed by atoms with Gasteiger partial charge in [0.2, 0.25) is 0 Å². The average molecular weight is 107 g/mol. The zero-order valence-electron chi connectivity index (χ0n) is 3.05. The Balaban J connectivity index is 3.94. The van der Waals surface area contributed by atoms with E-state index >= 15 is 0 Å². The van der Waals surface area contributed by atoms with Crippen molar-refractivity contribution in [1.29, 1.82) is 0 Å². The number of rotatable bonds is 1. The van der Waals surface area contributed by atoms with Gasteiger partial charge >= 0.3 is 0 Å². The predicted molar refractivity (Wildman–Crippen MR) is 23.6 cm³/mol. The van der Waals surface area contributed by atoms with Gasteiger partial charge in [-0.25, -0.2) is 8.42 Å². The van der Waals surface area contributed by atoms with Crippen LogP contribution in [0.3, 0.4) is 0 Å². The van der Waals surface area contributed by atoms with E-state index in [1.807, 2.05) is 0 Å². The summed E-state index contributed by atoms with van der Waals surface area (Å²) in [6.45, 7) is 2.94. The lowest BCUT2D eigenvalue weighted by Gasteiger charge is -1.73. The lowest BCUT2D eigenvalue weighted by Crippen LogP contribution is -1.94. The zero-order valence-corrected chi connectivity index (χ0v) is 3.94. The summed E-state index contributed by atoms with van der Waals surface area (Å²) in [5, 5.41) is -0.287. The number of hydrogen-bond acceptors (Lipinski definition) is 3. The Morgan fingerprint density at radius 1 is 1.67 bits per heavy atom. The van der Waals surface area contributed by atoms with Crippen molar-refractivity contribution in [3.8, 4) is 0 Å². The summed E-state index contributed by atoms with van der Waals surface area (Å²) >= 11 is 0. The largest absolute Gasteiger partial charge is 0.390 e. The average Bonchev–Trinajstić information content (AvgIpc) is 1.36. The van der Waals surface area contributed by atoms with Crippen LogP contribution in [0, 0.1) is 0 Å². The molecule has 4 heteroatoms. The van der Waals surface area contributed by atoms with Gasteiger partial charge in [0.25, 0.3) is 0 Å². The Morgan fingerprint density at radius 2 is 1.83 bits per heavy atom. The van der Waals surface area contributed by atoms with E-state index in [0.717, 1.165) is 0 Å². The highest BCUT2D eigenvalue weighted by Crippen LogP contribution is 1.69. The maximum absolute atomic E-state index is 9.51. The molecule has 0 aromatic carbocycles. The van der Waals surface area contributed by atoms with Crippen LogP contribution in [0.25, 0.3) is 0 Å². The van der Waals surface area contributed by atoms with E-state index in [1.54, 1.807) is 0 Å². The molecule has 0 saturated heterocycles. The molecular weight excluding hydrogens is 102 g/mol. The first kappa shape index (κ1) is 5.49. The van der Waals surface area contributed by atoms with Crippen LogP contribution in [0.1, 0.15) is 0 Å². The lowest BCUT2D eigenvalue weighted by molar-refractivity contribution is 0.619. The van der Waals surface area contributed by atoms with E-state index in [1.165, 1.54) is 0 Å². The van der Waals surface area contributed by atoms with Crippen molar-refractivity contribution in [3.63, 3.8) is 0 Å². The standard InChI is InChI=1S/C2H5NO2S/c1-2(3)6(4)5/h6H,1,3H2. The molecule has 0 rings (SSSR count). The Kier molecular flexibility index (Phi) is 1.66. The SMILES string of the molecule is C=C(N)[SH](=O)=O. The zero-order chi connectivity index (χ0) is 5.15. The molecule has 0 aliphatic rings. The lowest BCUT2D eigenvalue weighted by atomic mass is 11.1. The van der Waals surface area contributed by atoms with Gasteiger partial charge in [0.05, 0.1) is 0 Å². The van der Waals surface area contributed by atoms with Crippen LogP contribution in [0.4, 0.5) is 0 Å². The third-order valence-corrected chi connectivity index (χ3v) is 0.704. The molecule has 0 radical (unpaired) electrons. The highest BCUT2D eigenvalue weighted by molar-refractivity contribution is 7.76. The summed E-state index contributed by atoms with van der Waals surface area (Å²) < 4.78 is 19.0. The van der Waals surface area contributed by atoms with E-state index in [0.29, 0.717) is 0 Å². The minimum atomic E-state index is -2.58. The Labute approximate surface area is 37.4 Å². The van der Waals surface area contributed by atoms with Crippen molar-refractivity contribution in [3.05, 3.63) is 11.6 Å². The van der Waals surface area contributed by atoms with Gasteiger partial charge in [0.15, 0.2) is 10.7 Å². The van der Waals surface area contributed by atoms with Crippen LogP contribution >= 0.6 is 0 Å². The van der Waals surface area contributed by atoms with E-state index in [4.69, 9.17) is 0 Å². The van der Waals surface area contributed by atoms with Gasteiger partial charge in [-0.3, -0.25) is 0 Å². The summed E-state index contributed by atoms with van der Waals surface area (Å²) in [6.07, 6.45) is 0. The van der Waals surface area contributed by atoms with Crippen LogP contribution in [0.2, 0.25) is 0 Å². The second kappa shape index (κ2) is 1.81. The third-order valence-electron chi connectivity index (χ3n) is 0.235. The van der Waals surface area contributed by atoms with Crippen molar-refractivity contribution in [2.75, 3.05) is 0 Å². The molecule has 0 aliphatic carbocycles. The first-order chi connectivity index (χ1) is 2.64. The third kappa shape index (κ3) is 1.78. The van der Waals surface area contributed by atoms with Crippen molar-refractivity contribution >= 4 is 10.7 Å². The maximum Gasteiger partial charge on any atom is 0.182 e. The first-order valence-corrected chi connectivity index (χ1v) is 2.41. The molecule has 2 N–H and O–H groups in total. The van der Waals surface area contributed by atoms with E-state index < -0.39 is 10.7 Å². The van der Waals surface area contributed by atoms with E-state index in [-0.39, 0.29) is 5.03 Å². The highest BCUT2D eigenvalue weighted by Gasteiger charge is 1.77. The molecule has 0 amide bonds. The van der Waals surface area contributed by atoms with E-state index in [2.05, 4.69) is 12.3 Å². The predicted octanol–water partition coefficient (Wildman–Crippen LogP) is -0.972. The van der Waals surface area contributed by atoms with Crippen LogP contribution in [-0.2, 0) is 10.7 Å². The van der Waals surface area contributed by atoms with Gasteiger partial charge in [0, 0.05) is 0 Å². The minimum absolute atomic E-state index is 0.287. The Morgan fingerprint density at radius 3 is 1.83 bits per heavy atom. The Hall–Kier alpha value is -0.510. The summed E-state index contributed by atoms with van der Waals surface area (Å²) in [5.41, 5.74) is 4.64. The normalized spacial score (nSPS) is 8.83. The van der Waals surface area contributed by atoms with Gasteiger partial charge in [-0.2, -0.15) is 0 Å². The van der Waals surface area contributed by atoms with Crippen LogP contribution in [-0.4, -0.2) is 8.42 Å². The molecule has 6 heavy (non-hydrogen) atoms. The topological polar surface area (TPSA) is 60.2 Å². The van der Waals surface area contributed by atoms with Crippen LogP contribution in [0.15, 0.2) is 11.6 Å². The van der Waals surface area contributed by atoms with Crippen molar-refractivity contribution in [2.24, 2.45) is 5.73 Å². The first-order valence-electron chi connectivity index (χ1n) is 1.23. The highest BCUT2D eigenvalue weighted by atomic mass is 32.2. The molecule has 0 spiro atoms. The molecule has 36 valence electrons. The summed E-state index contributed by atoms with van der Waals surface area (Å²) in [4.78, 5) is 0. The van der Waals surface area contributed by atoms with Gasteiger partial charge in [-0.05, 0) is 0 Å². The molecule has 0 aliphatic heterocycles. The second-order valence-electron chi connectivity index (χ2n) is 0.748. The molecule has 3 nitrogen and oxygen atoms in total. The van der Waals surface area contributed by atoms with E-state index in [9.17, 15) is 8.42 Å². The smallest absolute Gasteiger partial charge is 0.182 e. The molecule has 0 fully saturated rings.